The molecule has 4 unspecified atom stereocenters. The molecule has 0 spiro atoms. The molecule has 1 aromatic rings. The Morgan fingerprint density at radius 2 is 1.31 bits per heavy atom. The fourth-order valence-corrected chi connectivity index (χ4v) is 3.07. The van der Waals surface area contributed by atoms with Gasteiger partial charge in [0.1, 0.15) is 12.1 Å². The summed E-state index contributed by atoms with van der Waals surface area (Å²) in [5, 5.41) is 24.9. The van der Waals surface area contributed by atoms with Crippen molar-refractivity contribution in [1.82, 2.24) is 0 Å². The molecule has 2 N–H and O–H groups in total. The second kappa shape index (κ2) is 3.82. The first kappa shape index (κ1) is 10.2. The predicted molar refractivity (Wildman–Crippen MR) is 60.5 cm³/mol. The van der Waals surface area contributed by atoms with Crippen LogP contribution in [-0.2, 0) is 0 Å². The van der Waals surface area contributed by atoms with Crippen molar-refractivity contribution in [1.29, 1.82) is 0 Å². The minimum absolute atomic E-state index is 0.0313. The lowest BCUT2D eigenvalue weighted by Gasteiger charge is -2.47. The molecule has 1 aliphatic heterocycles. The Morgan fingerprint density at radius 1 is 0.875 bits per heavy atom. The van der Waals surface area contributed by atoms with Crippen LogP contribution in [0.15, 0.2) is 24.3 Å². The summed E-state index contributed by atoms with van der Waals surface area (Å²) >= 11 is 0. The smallest absolute Gasteiger partial charge is 0.193 e. The van der Waals surface area contributed by atoms with Crippen LogP contribution in [0.2, 0.25) is 0 Å². The third kappa shape index (κ3) is 1.38. The van der Waals surface area contributed by atoms with Gasteiger partial charge in [-0.3, -0.25) is 0 Å². The minimum Gasteiger partial charge on any atom is -0.628 e. The molecule has 1 heterocycles. The standard InChI is InChI=1S/C12H16N2O2/c15-13-9-5-1-2-6-10(9)14(16)12-8-4-3-7-11(12)13/h1-2,5-6,11-14H,3-4,7-8H2. The molecule has 1 fully saturated rings. The number of hydrogen-bond donors (Lipinski definition) is 2. The molecule has 86 valence electrons. The molecule has 4 heteroatoms. The number of para-hydroxylation sites is 2. The van der Waals surface area contributed by atoms with Gasteiger partial charge in [-0.1, -0.05) is 12.1 Å². The summed E-state index contributed by atoms with van der Waals surface area (Å²) in [5.74, 6) is 0. The molecule has 4 nitrogen and oxygen atoms in total. The topological polar surface area (TPSA) is 55.0 Å². The van der Waals surface area contributed by atoms with E-state index in [9.17, 15) is 10.4 Å². The number of nitrogens with one attached hydrogen (secondary N) is 2. The molecule has 0 aromatic heterocycles. The van der Waals surface area contributed by atoms with Gasteiger partial charge in [-0.2, -0.15) is 0 Å². The third-order valence-corrected chi connectivity index (χ3v) is 3.90. The number of benzene rings is 1. The van der Waals surface area contributed by atoms with Crippen molar-refractivity contribution in [2.75, 3.05) is 0 Å². The van der Waals surface area contributed by atoms with Gasteiger partial charge in [0.25, 0.3) is 0 Å². The van der Waals surface area contributed by atoms with Gasteiger partial charge in [0, 0.05) is 25.0 Å². The highest BCUT2D eigenvalue weighted by atomic mass is 16.5. The molecule has 1 aromatic carbocycles. The van der Waals surface area contributed by atoms with E-state index in [0.29, 0.717) is 11.4 Å². The van der Waals surface area contributed by atoms with Crippen molar-refractivity contribution in [3.8, 4) is 0 Å². The van der Waals surface area contributed by atoms with Crippen LogP contribution >= 0.6 is 0 Å². The number of quaternary nitrogens is 2. The van der Waals surface area contributed by atoms with Gasteiger partial charge in [-0.05, 0) is 12.8 Å². The maximum Gasteiger partial charge on any atom is 0.193 e. The van der Waals surface area contributed by atoms with Crippen LogP contribution in [0.5, 0.6) is 0 Å². The molecule has 1 aliphatic carbocycles. The van der Waals surface area contributed by atoms with E-state index < -0.39 is 0 Å². The lowest BCUT2D eigenvalue weighted by atomic mass is 9.87. The Hall–Kier alpha value is -0.940. The van der Waals surface area contributed by atoms with Crippen LogP contribution in [0.3, 0.4) is 0 Å². The summed E-state index contributed by atoms with van der Waals surface area (Å²) < 4.78 is 0. The minimum atomic E-state index is -0.0313. The van der Waals surface area contributed by atoms with Crippen LogP contribution in [0.1, 0.15) is 25.7 Å². The largest absolute Gasteiger partial charge is 0.628 e. The fourth-order valence-electron chi connectivity index (χ4n) is 3.07. The summed E-state index contributed by atoms with van der Waals surface area (Å²) in [6, 6.07) is 7.20. The zero-order chi connectivity index (χ0) is 11.1. The normalized spacial score (nSPS) is 37.6. The molecule has 0 bridgehead atoms. The zero-order valence-electron chi connectivity index (χ0n) is 9.11. The van der Waals surface area contributed by atoms with E-state index in [4.69, 9.17) is 0 Å². The van der Waals surface area contributed by atoms with Gasteiger partial charge < -0.3 is 20.5 Å². The van der Waals surface area contributed by atoms with E-state index in [1.54, 1.807) is 12.1 Å². The summed E-state index contributed by atoms with van der Waals surface area (Å²) in [7, 11) is 0. The second-order valence-corrected chi connectivity index (χ2v) is 4.77. The van der Waals surface area contributed by atoms with Crippen LogP contribution < -0.4 is 10.1 Å². The van der Waals surface area contributed by atoms with Gasteiger partial charge >= 0.3 is 0 Å². The van der Waals surface area contributed by atoms with Crippen LogP contribution in [0, 0.1) is 10.4 Å². The highest BCUT2D eigenvalue weighted by molar-refractivity contribution is 5.52. The first-order chi connectivity index (χ1) is 7.79. The van der Waals surface area contributed by atoms with Crippen molar-refractivity contribution in [3.05, 3.63) is 34.7 Å². The van der Waals surface area contributed by atoms with Crippen LogP contribution in [-0.4, -0.2) is 12.1 Å². The number of hydroxylamine groups is 2. The zero-order valence-corrected chi connectivity index (χ0v) is 9.11. The van der Waals surface area contributed by atoms with Crippen molar-refractivity contribution in [3.63, 3.8) is 0 Å². The van der Waals surface area contributed by atoms with Gasteiger partial charge in [-0.25, -0.2) is 0 Å². The molecule has 2 aliphatic rings. The number of fused-ring (bicyclic) bond motifs is 2. The van der Waals surface area contributed by atoms with E-state index in [0.717, 1.165) is 25.7 Å². The van der Waals surface area contributed by atoms with E-state index in [2.05, 4.69) is 0 Å². The second-order valence-electron chi connectivity index (χ2n) is 4.77. The van der Waals surface area contributed by atoms with Crippen molar-refractivity contribution in [2.24, 2.45) is 0 Å². The SMILES string of the molecule is [O-][NH+]1c2ccccc2[NH+]([O-])C2CCCCC21. The maximum absolute atomic E-state index is 12.2. The third-order valence-electron chi connectivity index (χ3n) is 3.90. The molecule has 4 atom stereocenters. The molecule has 1 saturated carbocycles. The van der Waals surface area contributed by atoms with E-state index in [1.807, 2.05) is 12.1 Å². The van der Waals surface area contributed by atoms with E-state index >= 15 is 0 Å². The fraction of sp³-hybridized carbons (Fsp3) is 0.500. The van der Waals surface area contributed by atoms with Crippen molar-refractivity contribution in [2.45, 2.75) is 37.8 Å². The van der Waals surface area contributed by atoms with Gasteiger partial charge in [-0.15, -0.1) is 0 Å². The summed E-state index contributed by atoms with van der Waals surface area (Å²) in [4.78, 5) is 0. The Balaban J connectivity index is 2.05. The first-order valence-corrected chi connectivity index (χ1v) is 5.96. The van der Waals surface area contributed by atoms with E-state index in [-0.39, 0.29) is 22.2 Å². The molecular formula is C12H16N2O2. The maximum atomic E-state index is 12.2. The number of rotatable bonds is 0. The summed E-state index contributed by atoms with van der Waals surface area (Å²) in [6.07, 6.45) is 3.96. The Kier molecular flexibility index (Phi) is 2.44. The van der Waals surface area contributed by atoms with Gasteiger partial charge in [0.15, 0.2) is 11.4 Å². The molecule has 0 saturated heterocycles. The highest BCUT2D eigenvalue weighted by Crippen LogP contribution is 2.24. The molecule has 3 rings (SSSR count). The molecular weight excluding hydrogens is 204 g/mol. The van der Waals surface area contributed by atoms with Crippen LogP contribution in [0.4, 0.5) is 11.4 Å². The Labute approximate surface area is 94.6 Å². The quantitative estimate of drug-likeness (QED) is 0.607. The lowest BCUT2D eigenvalue weighted by molar-refractivity contribution is -0.915. The van der Waals surface area contributed by atoms with Gasteiger partial charge in [0.2, 0.25) is 0 Å². The summed E-state index contributed by atoms with van der Waals surface area (Å²) in [6.45, 7) is 0. The predicted octanol–water partition coefficient (Wildman–Crippen LogP) is 0.0398. The average Bonchev–Trinajstić information content (AvgIpc) is 2.36. The van der Waals surface area contributed by atoms with E-state index in [1.165, 1.54) is 0 Å². The molecule has 16 heavy (non-hydrogen) atoms. The summed E-state index contributed by atoms with van der Waals surface area (Å²) in [5.41, 5.74) is 1.30. The Bertz CT molecular complexity index is 359. The van der Waals surface area contributed by atoms with Gasteiger partial charge in [0.05, 0.1) is 0 Å². The van der Waals surface area contributed by atoms with Crippen LogP contribution in [0.25, 0.3) is 0 Å². The Morgan fingerprint density at radius 3 is 1.75 bits per heavy atom. The monoisotopic (exact) mass is 220 g/mol. The highest BCUT2D eigenvalue weighted by Gasteiger charge is 2.42. The van der Waals surface area contributed by atoms with Crippen molar-refractivity contribution >= 4 is 11.4 Å². The van der Waals surface area contributed by atoms with Crippen molar-refractivity contribution < 1.29 is 10.1 Å². The average molecular weight is 220 g/mol. The number of hydrogen-bond acceptors (Lipinski definition) is 2. The lowest BCUT2D eigenvalue weighted by Crippen LogP contribution is -3.23. The molecule has 0 amide bonds. The first-order valence-electron chi connectivity index (χ1n) is 5.96. The molecule has 0 radical (unpaired) electrons.